The third kappa shape index (κ3) is 1.55. The van der Waals surface area contributed by atoms with Gasteiger partial charge < -0.3 is 0 Å². The van der Waals surface area contributed by atoms with Gasteiger partial charge in [-0.1, -0.05) is 22.0 Å². The van der Waals surface area contributed by atoms with Gasteiger partial charge in [-0.05, 0) is 18.2 Å². The summed E-state index contributed by atoms with van der Waals surface area (Å²) >= 11 is 5.18. The number of benzene rings is 1. The Hall–Kier alpha value is -0.940. The SMILES string of the molecule is O=c1c2c([nH]n1-c1cccc(Br)c1)CSC2. The lowest BCUT2D eigenvalue weighted by Gasteiger charge is -2.02. The second-order valence-electron chi connectivity index (χ2n) is 3.68. The Morgan fingerprint density at radius 3 is 3.00 bits per heavy atom. The van der Waals surface area contributed by atoms with Gasteiger partial charge in [0.15, 0.2) is 0 Å². The molecule has 0 radical (unpaired) electrons. The molecule has 1 aromatic carbocycles. The van der Waals surface area contributed by atoms with Gasteiger partial charge in [0.2, 0.25) is 0 Å². The van der Waals surface area contributed by atoms with Crippen LogP contribution in [0.3, 0.4) is 0 Å². The number of H-pyrrole nitrogens is 1. The Kier molecular flexibility index (Phi) is 2.44. The van der Waals surface area contributed by atoms with Gasteiger partial charge in [-0.25, -0.2) is 4.68 Å². The van der Waals surface area contributed by atoms with Crippen molar-refractivity contribution in [1.29, 1.82) is 0 Å². The van der Waals surface area contributed by atoms with E-state index in [4.69, 9.17) is 0 Å². The van der Waals surface area contributed by atoms with Crippen LogP contribution in [0.4, 0.5) is 0 Å². The molecule has 2 heterocycles. The minimum Gasteiger partial charge on any atom is -0.294 e. The summed E-state index contributed by atoms with van der Waals surface area (Å²) in [5.41, 5.74) is 2.94. The molecule has 0 spiro atoms. The van der Waals surface area contributed by atoms with E-state index in [1.54, 1.807) is 16.4 Å². The summed E-state index contributed by atoms with van der Waals surface area (Å²) in [5, 5.41) is 3.17. The highest BCUT2D eigenvalue weighted by Crippen LogP contribution is 2.26. The Bertz CT molecular complexity index is 602. The van der Waals surface area contributed by atoms with Crippen molar-refractivity contribution < 1.29 is 0 Å². The normalized spacial score (nSPS) is 14.1. The van der Waals surface area contributed by atoms with Crippen molar-refractivity contribution in [2.45, 2.75) is 11.5 Å². The molecule has 16 heavy (non-hydrogen) atoms. The number of hydrogen-bond acceptors (Lipinski definition) is 2. The maximum atomic E-state index is 12.1. The molecule has 0 saturated heterocycles. The number of thioether (sulfide) groups is 1. The lowest BCUT2D eigenvalue weighted by atomic mass is 10.3. The number of fused-ring (bicyclic) bond motifs is 1. The Labute approximate surface area is 105 Å². The average molecular weight is 297 g/mol. The summed E-state index contributed by atoms with van der Waals surface area (Å²) in [4.78, 5) is 12.1. The topological polar surface area (TPSA) is 37.8 Å². The van der Waals surface area contributed by atoms with E-state index in [1.165, 1.54) is 0 Å². The van der Waals surface area contributed by atoms with E-state index in [9.17, 15) is 4.79 Å². The molecule has 3 nitrogen and oxygen atoms in total. The second-order valence-corrected chi connectivity index (χ2v) is 5.58. The van der Waals surface area contributed by atoms with E-state index in [0.29, 0.717) is 0 Å². The molecule has 0 bridgehead atoms. The summed E-state index contributed by atoms with van der Waals surface area (Å²) in [6.45, 7) is 0. The van der Waals surface area contributed by atoms with Crippen LogP contribution in [0.2, 0.25) is 0 Å². The molecular weight excluding hydrogens is 288 g/mol. The van der Waals surface area contributed by atoms with Crippen LogP contribution in [0, 0.1) is 0 Å². The van der Waals surface area contributed by atoms with Gasteiger partial charge in [0.1, 0.15) is 0 Å². The molecule has 0 unspecified atom stereocenters. The molecule has 1 aromatic heterocycles. The second kappa shape index (κ2) is 3.82. The maximum absolute atomic E-state index is 12.1. The Morgan fingerprint density at radius 2 is 2.25 bits per heavy atom. The van der Waals surface area contributed by atoms with Crippen LogP contribution < -0.4 is 5.56 Å². The fourth-order valence-corrected chi connectivity index (χ4v) is 3.27. The van der Waals surface area contributed by atoms with Gasteiger partial charge in [0.05, 0.1) is 16.9 Å². The first-order chi connectivity index (χ1) is 7.75. The lowest BCUT2D eigenvalue weighted by molar-refractivity contribution is 0.831. The molecule has 1 N–H and O–H groups in total. The smallest absolute Gasteiger partial charge is 0.275 e. The summed E-state index contributed by atoms with van der Waals surface area (Å²) in [5.74, 6) is 1.73. The highest BCUT2D eigenvalue weighted by molar-refractivity contribution is 9.10. The monoisotopic (exact) mass is 296 g/mol. The van der Waals surface area contributed by atoms with Crippen molar-refractivity contribution in [2.24, 2.45) is 0 Å². The van der Waals surface area contributed by atoms with Crippen molar-refractivity contribution in [1.82, 2.24) is 9.78 Å². The van der Waals surface area contributed by atoms with Crippen LogP contribution in [-0.2, 0) is 11.5 Å². The number of hydrogen-bond donors (Lipinski definition) is 1. The first-order valence-electron chi connectivity index (χ1n) is 4.92. The Morgan fingerprint density at radius 1 is 1.38 bits per heavy atom. The largest absolute Gasteiger partial charge is 0.294 e. The van der Waals surface area contributed by atoms with Crippen molar-refractivity contribution in [3.05, 3.63) is 50.3 Å². The van der Waals surface area contributed by atoms with E-state index < -0.39 is 0 Å². The molecule has 5 heteroatoms. The predicted molar refractivity (Wildman–Crippen MR) is 69.1 cm³/mol. The van der Waals surface area contributed by atoms with Crippen molar-refractivity contribution in [3.8, 4) is 5.69 Å². The molecule has 3 rings (SSSR count). The minimum atomic E-state index is 0.0816. The summed E-state index contributed by atoms with van der Waals surface area (Å²) < 4.78 is 2.59. The van der Waals surface area contributed by atoms with Crippen LogP contribution in [0.1, 0.15) is 11.3 Å². The molecule has 0 saturated carbocycles. The maximum Gasteiger partial charge on any atom is 0.275 e. The van der Waals surface area contributed by atoms with E-state index in [1.807, 2.05) is 24.3 Å². The molecule has 1 aliphatic rings. The van der Waals surface area contributed by atoms with Gasteiger partial charge in [-0.15, -0.1) is 0 Å². The fraction of sp³-hybridized carbons (Fsp3) is 0.182. The van der Waals surface area contributed by atoms with Crippen LogP contribution in [0.5, 0.6) is 0 Å². The molecule has 1 aliphatic heterocycles. The molecule has 2 aromatic rings. The van der Waals surface area contributed by atoms with Crippen LogP contribution >= 0.6 is 27.7 Å². The van der Waals surface area contributed by atoms with Crippen molar-refractivity contribution in [3.63, 3.8) is 0 Å². The van der Waals surface area contributed by atoms with Gasteiger partial charge in [-0.3, -0.25) is 9.89 Å². The molecule has 0 aliphatic carbocycles. The zero-order valence-electron chi connectivity index (χ0n) is 8.37. The van der Waals surface area contributed by atoms with Gasteiger partial charge in [-0.2, -0.15) is 11.8 Å². The number of aromatic nitrogens is 2. The standard InChI is InChI=1S/C11H9BrN2OS/c12-7-2-1-3-8(4-7)14-11(15)9-5-16-6-10(9)13-14/h1-4,13H,5-6H2. The van der Waals surface area contributed by atoms with E-state index in [-0.39, 0.29) is 5.56 Å². The zero-order valence-corrected chi connectivity index (χ0v) is 10.8. The van der Waals surface area contributed by atoms with Crippen LogP contribution in [0.15, 0.2) is 33.5 Å². The third-order valence-electron chi connectivity index (χ3n) is 2.63. The number of rotatable bonds is 1. The van der Waals surface area contributed by atoms with E-state index >= 15 is 0 Å². The average Bonchev–Trinajstić information content (AvgIpc) is 2.82. The molecule has 0 atom stereocenters. The quantitative estimate of drug-likeness (QED) is 0.879. The highest BCUT2D eigenvalue weighted by Gasteiger charge is 2.19. The van der Waals surface area contributed by atoms with Crippen molar-refractivity contribution in [2.75, 3.05) is 0 Å². The summed E-state index contributed by atoms with van der Waals surface area (Å²) in [6.07, 6.45) is 0. The van der Waals surface area contributed by atoms with E-state index in [0.717, 1.165) is 32.9 Å². The molecular formula is C11H9BrN2OS. The number of halogens is 1. The van der Waals surface area contributed by atoms with Crippen LogP contribution in [0.25, 0.3) is 5.69 Å². The molecule has 82 valence electrons. The third-order valence-corrected chi connectivity index (χ3v) is 4.11. The first-order valence-corrected chi connectivity index (χ1v) is 6.87. The van der Waals surface area contributed by atoms with Crippen molar-refractivity contribution >= 4 is 27.7 Å². The number of aromatic amines is 1. The summed E-state index contributed by atoms with van der Waals surface area (Å²) in [6, 6.07) is 7.72. The number of nitrogens with one attached hydrogen (secondary N) is 1. The van der Waals surface area contributed by atoms with E-state index in [2.05, 4.69) is 21.0 Å². The van der Waals surface area contributed by atoms with Crippen LogP contribution in [-0.4, -0.2) is 9.78 Å². The summed E-state index contributed by atoms with van der Waals surface area (Å²) in [7, 11) is 0. The predicted octanol–water partition coefficient (Wildman–Crippen LogP) is 2.67. The Balaban J connectivity index is 2.18. The van der Waals surface area contributed by atoms with Gasteiger partial charge >= 0.3 is 0 Å². The zero-order chi connectivity index (χ0) is 11.1. The molecule has 0 fully saturated rings. The highest BCUT2D eigenvalue weighted by atomic mass is 79.9. The van der Waals surface area contributed by atoms with Gasteiger partial charge in [0, 0.05) is 16.0 Å². The lowest BCUT2D eigenvalue weighted by Crippen LogP contribution is -2.16. The molecule has 0 amide bonds. The fourth-order valence-electron chi connectivity index (χ4n) is 1.84. The minimum absolute atomic E-state index is 0.0816. The first kappa shape index (κ1) is 10.2. The van der Waals surface area contributed by atoms with Gasteiger partial charge in [0.25, 0.3) is 5.56 Å². The number of nitrogens with zero attached hydrogens (tertiary/aromatic N) is 1.